The minimum absolute atomic E-state index is 0.447. The summed E-state index contributed by atoms with van der Waals surface area (Å²) in [5, 5.41) is 1.14. The number of benzene rings is 1. The highest BCUT2D eigenvalue weighted by Crippen LogP contribution is 2.39. The number of nitrogen functional groups attached to an aromatic ring is 1. The molecule has 0 amide bonds. The predicted molar refractivity (Wildman–Crippen MR) is 84.7 cm³/mol. The molecular weight excluding hydrogens is 254 g/mol. The Morgan fingerprint density at radius 2 is 1.79 bits per heavy atom. The van der Waals surface area contributed by atoms with E-state index in [0.29, 0.717) is 17.8 Å². The highest BCUT2D eigenvalue weighted by Gasteiger charge is 2.21. The van der Waals surface area contributed by atoms with Crippen molar-refractivity contribution in [1.29, 1.82) is 0 Å². The van der Waals surface area contributed by atoms with Crippen molar-refractivity contribution in [1.82, 2.24) is 4.37 Å². The highest BCUT2D eigenvalue weighted by atomic mass is 32.1. The van der Waals surface area contributed by atoms with E-state index in [1.165, 1.54) is 11.5 Å². The van der Waals surface area contributed by atoms with Gasteiger partial charge in [0.25, 0.3) is 0 Å². The van der Waals surface area contributed by atoms with Crippen LogP contribution in [-0.4, -0.2) is 17.5 Å². The standard InChI is InChI=1S/C15H21N3S/c1-10(2)11(3)18(4)15-13(14(16)17-19-15)12-8-6-5-7-9-12/h5-11H,1-4H3,(H2,16,17). The van der Waals surface area contributed by atoms with Gasteiger partial charge in [0.05, 0.1) is 5.56 Å². The molecule has 1 aromatic carbocycles. The number of hydrogen-bond donors (Lipinski definition) is 1. The summed E-state index contributed by atoms with van der Waals surface area (Å²) in [5.41, 5.74) is 8.25. The van der Waals surface area contributed by atoms with E-state index in [-0.39, 0.29) is 0 Å². The Labute approximate surface area is 119 Å². The van der Waals surface area contributed by atoms with Gasteiger partial charge in [-0.1, -0.05) is 44.2 Å². The predicted octanol–water partition coefficient (Wildman–Crippen LogP) is 3.87. The molecule has 2 aromatic rings. The van der Waals surface area contributed by atoms with E-state index in [2.05, 4.69) is 49.2 Å². The van der Waals surface area contributed by atoms with Gasteiger partial charge in [0.15, 0.2) is 0 Å². The summed E-state index contributed by atoms with van der Waals surface area (Å²) in [7, 11) is 2.12. The van der Waals surface area contributed by atoms with E-state index in [0.717, 1.165) is 16.1 Å². The van der Waals surface area contributed by atoms with Crippen molar-refractivity contribution in [3.05, 3.63) is 30.3 Å². The second-order valence-corrected chi connectivity index (χ2v) is 5.96. The first-order valence-electron chi connectivity index (χ1n) is 6.55. The summed E-state index contributed by atoms with van der Waals surface area (Å²) in [6.07, 6.45) is 0. The minimum atomic E-state index is 0.447. The van der Waals surface area contributed by atoms with E-state index in [9.17, 15) is 0 Å². The Hall–Kier alpha value is -1.55. The second kappa shape index (κ2) is 5.61. The van der Waals surface area contributed by atoms with E-state index < -0.39 is 0 Å². The van der Waals surface area contributed by atoms with Crippen LogP contribution < -0.4 is 10.6 Å². The van der Waals surface area contributed by atoms with E-state index in [1.54, 1.807) is 0 Å². The Morgan fingerprint density at radius 1 is 1.16 bits per heavy atom. The summed E-state index contributed by atoms with van der Waals surface area (Å²) in [4.78, 5) is 2.28. The first kappa shape index (κ1) is 13.9. The molecule has 19 heavy (non-hydrogen) atoms. The molecule has 0 aliphatic heterocycles. The molecule has 1 aromatic heterocycles. The Kier molecular flexibility index (Phi) is 4.10. The van der Waals surface area contributed by atoms with Crippen LogP contribution in [-0.2, 0) is 0 Å². The molecule has 0 fully saturated rings. The molecule has 3 nitrogen and oxygen atoms in total. The monoisotopic (exact) mass is 275 g/mol. The minimum Gasteiger partial charge on any atom is -0.382 e. The van der Waals surface area contributed by atoms with Crippen molar-refractivity contribution in [3.63, 3.8) is 0 Å². The SMILES string of the molecule is CC(C)C(C)N(C)c1snc(N)c1-c1ccccc1. The molecule has 1 unspecified atom stereocenters. The zero-order valence-electron chi connectivity index (χ0n) is 11.9. The molecule has 102 valence electrons. The van der Waals surface area contributed by atoms with Crippen LogP contribution in [0.25, 0.3) is 11.1 Å². The summed E-state index contributed by atoms with van der Waals surface area (Å²) >= 11 is 1.48. The van der Waals surface area contributed by atoms with Crippen molar-refractivity contribution in [2.75, 3.05) is 17.7 Å². The average Bonchev–Trinajstić information content (AvgIpc) is 2.79. The lowest BCUT2D eigenvalue weighted by molar-refractivity contribution is 0.508. The lowest BCUT2D eigenvalue weighted by atomic mass is 10.0. The molecule has 0 bridgehead atoms. The van der Waals surface area contributed by atoms with Gasteiger partial charge in [-0.25, -0.2) is 0 Å². The summed E-state index contributed by atoms with van der Waals surface area (Å²) < 4.78 is 4.33. The third kappa shape index (κ3) is 2.73. The van der Waals surface area contributed by atoms with Crippen molar-refractivity contribution in [3.8, 4) is 11.1 Å². The maximum atomic E-state index is 6.06. The molecule has 0 radical (unpaired) electrons. The van der Waals surface area contributed by atoms with Crippen LogP contribution in [0.4, 0.5) is 10.8 Å². The third-order valence-electron chi connectivity index (χ3n) is 3.66. The first-order valence-corrected chi connectivity index (χ1v) is 7.33. The Bertz CT molecular complexity index is 534. The number of anilines is 2. The second-order valence-electron chi connectivity index (χ2n) is 5.21. The lowest BCUT2D eigenvalue weighted by Crippen LogP contribution is -2.32. The van der Waals surface area contributed by atoms with Crippen LogP contribution in [0.5, 0.6) is 0 Å². The maximum Gasteiger partial charge on any atom is 0.147 e. The highest BCUT2D eigenvalue weighted by molar-refractivity contribution is 7.11. The maximum absolute atomic E-state index is 6.06. The molecule has 0 aliphatic carbocycles. The Morgan fingerprint density at radius 3 is 2.37 bits per heavy atom. The van der Waals surface area contributed by atoms with Gasteiger partial charge in [-0.15, -0.1) is 0 Å². The van der Waals surface area contributed by atoms with Gasteiger partial charge < -0.3 is 10.6 Å². The van der Waals surface area contributed by atoms with Crippen LogP contribution in [0.2, 0.25) is 0 Å². The molecule has 4 heteroatoms. The van der Waals surface area contributed by atoms with Crippen molar-refractivity contribution in [2.45, 2.75) is 26.8 Å². The number of nitrogens with two attached hydrogens (primary N) is 1. The molecule has 0 aliphatic rings. The third-order valence-corrected chi connectivity index (χ3v) is 4.61. The largest absolute Gasteiger partial charge is 0.382 e. The van der Waals surface area contributed by atoms with Gasteiger partial charge in [0.1, 0.15) is 10.8 Å². The molecule has 2 rings (SSSR count). The molecule has 1 heterocycles. The van der Waals surface area contributed by atoms with Crippen LogP contribution in [0.3, 0.4) is 0 Å². The molecule has 0 saturated heterocycles. The van der Waals surface area contributed by atoms with Gasteiger partial charge in [0, 0.05) is 13.1 Å². The van der Waals surface area contributed by atoms with Crippen molar-refractivity contribution >= 4 is 22.4 Å². The quantitative estimate of drug-likeness (QED) is 0.921. The van der Waals surface area contributed by atoms with E-state index >= 15 is 0 Å². The molecule has 2 N–H and O–H groups in total. The summed E-state index contributed by atoms with van der Waals surface area (Å²) in [5.74, 6) is 1.20. The van der Waals surface area contributed by atoms with Gasteiger partial charge >= 0.3 is 0 Å². The van der Waals surface area contributed by atoms with Crippen LogP contribution >= 0.6 is 11.5 Å². The van der Waals surface area contributed by atoms with Gasteiger partial charge in [-0.2, -0.15) is 4.37 Å². The fourth-order valence-electron chi connectivity index (χ4n) is 2.04. The number of hydrogen-bond acceptors (Lipinski definition) is 4. The fraction of sp³-hybridized carbons (Fsp3) is 0.400. The Balaban J connectivity index is 2.44. The summed E-state index contributed by atoms with van der Waals surface area (Å²) in [6.45, 7) is 6.69. The van der Waals surface area contributed by atoms with E-state index in [1.807, 2.05) is 18.2 Å². The number of nitrogens with zero attached hydrogens (tertiary/aromatic N) is 2. The fourth-order valence-corrected chi connectivity index (χ4v) is 2.93. The zero-order valence-corrected chi connectivity index (χ0v) is 12.7. The van der Waals surface area contributed by atoms with Crippen molar-refractivity contribution < 1.29 is 0 Å². The molecular formula is C15H21N3S. The van der Waals surface area contributed by atoms with Gasteiger partial charge in [-0.3, -0.25) is 0 Å². The average molecular weight is 275 g/mol. The number of rotatable bonds is 4. The normalized spacial score (nSPS) is 12.7. The van der Waals surface area contributed by atoms with E-state index in [4.69, 9.17) is 5.73 Å². The first-order chi connectivity index (χ1) is 9.02. The van der Waals surface area contributed by atoms with Gasteiger partial charge in [-0.05, 0) is 29.9 Å². The van der Waals surface area contributed by atoms with Crippen molar-refractivity contribution in [2.24, 2.45) is 5.92 Å². The molecule has 0 saturated carbocycles. The molecule has 1 atom stereocenters. The van der Waals surface area contributed by atoms with Gasteiger partial charge in [0.2, 0.25) is 0 Å². The van der Waals surface area contributed by atoms with Crippen LogP contribution in [0.15, 0.2) is 30.3 Å². The smallest absolute Gasteiger partial charge is 0.147 e. The number of aromatic nitrogens is 1. The lowest BCUT2D eigenvalue weighted by Gasteiger charge is -2.29. The van der Waals surface area contributed by atoms with Crippen LogP contribution in [0.1, 0.15) is 20.8 Å². The molecule has 0 spiro atoms. The van der Waals surface area contributed by atoms with Crippen LogP contribution in [0, 0.1) is 5.92 Å². The topological polar surface area (TPSA) is 42.2 Å². The summed E-state index contributed by atoms with van der Waals surface area (Å²) in [6, 6.07) is 10.7. The zero-order chi connectivity index (χ0) is 14.0.